The van der Waals surface area contributed by atoms with Crippen molar-refractivity contribution in [1.29, 1.82) is 0 Å². The standard InChI is InChI=1S/C19H21Cl3N6/c20-19(21,22)17-24-16(12-3-5-14(6-4-12)27-7-1-2-8-27)25-18(26-17)28-11-13-9-15(28)10-23-13/h3-6,13,15,23H,1-2,7-11H2. The van der Waals surface area contributed by atoms with Gasteiger partial charge in [0.15, 0.2) is 11.6 Å². The summed E-state index contributed by atoms with van der Waals surface area (Å²) in [7, 11) is 0. The van der Waals surface area contributed by atoms with E-state index >= 15 is 0 Å². The minimum atomic E-state index is -1.70. The smallest absolute Gasteiger partial charge is 0.250 e. The number of fused-ring (bicyclic) bond motifs is 2. The molecule has 1 N–H and O–H groups in total. The molecular formula is C19H21Cl3N6. The lowest BCUT2D eigenvalue weighted by molar-refractivity contribution is 0.570. The molecule has 2 unspecified atom stereocenters. The van der Waals surface area contributed by atoms with Crippen LogP contribution in [-0.4, -0.2) is 53.2 Å². The number of hydrogen-bond donors (Lipinski definition) is 1. The lowest BCUT2D eigenvalue weighted by Crippen LogP contribution is -2.44. The van der Waals surface area contributed by atoms with Crippen LogP contribution in [0, 0.1) is 0 Å². The number of alkyl halides is 3. The molecule has 5 rings (SSSR count). The second kappa shape index (κ2) is 7.17. The van der Waals surface area contributed by atoms with E-state index in [-0.39, 0.29) is 5.82 Å². The maximum atomic E-state index is 6.13. The van der Waals surface area contributed by atoms with Gasteiger partial charge in [-0.05, 0) is 43.5 Å². The molecule has 3 aliphatic rings. The molecule has 148 valence electrons. The van der Waals surface area contributed by atoms with E-state index in [1.54, 1.807) is 0 Å². The van der Waals surface area contributed by atoms with Gasteiger partial charge < -0.3 is 15.1 Å². The normalized spacial score (nSPS) is 24.4. The van der Waals surface area contributed by atoms with Crippen LogP contribution < -0.4 is 15.1 Å². The average molecular weight is 440 g/mol. The quantitative estimate of drug-likeness (QED) is 0.739. The minimum Gasteiger partial charge on any atom is -0.372 e. The zero-order valence-corrected chi connectivity index (χ0v) is 17.6. The lowest BCUT2D eigenvalue weighted by atomic mass is 10.2. The Morgan fingerprint density at radius 2 is 1.75 bits per heavy atom. The summed E-state index contributed by atoms with van der Waals surface area (Å²) in [5.74, 6) is 1.29. The van der Waals surface area contributed by atoms with Gasteiger partial charge in [-0.1, -0.05) is 34.8 Å². The van der Waals surface area contributed by atoms with Gasteiger partial charge in [-0.15, -0.1) is 0 Å². The van der Waals surface area contributed by atoms with Crippen molar-refractivity contribution in [2.24, 2.45) is 0 Å². The van der Waals surface area contributed by atoms with Crippen molar-refractivity contribution in [3.63, 3.8) is 0 Å². The third-order valence-electron chi connectivity index (χ3n) is 5.79. The highest BCUT2D eigenvalue weighted by Crippen LogP contribution is 2.38. The Bertz CT molecular complexity index is 863. The number of nitrogens with one attached hydrogen (secondary N) is 1. The predicted octanol–water partition coefficient (Wildman–Crippen LogP) is 3.52. The first-order valence-corrected chi connectivity index (χ1v) is 10.8. The Morgan fingerprint density at radius 1 is 1.00 bits per heavy atom. The molecule has 28 heavy (non-hydrogen) atoms. The summed E-state index contributed by atoms with van der Waals surface area (Å²) in [6, 6.07) is 9.14. The number of nitrogens with zero attached hydrogens (tertiary/aromatic N) is 5. The van der Waals surface area contributed by atoms with Gasteiger partial charge in [0.2, 0.25) is 9.74 Å². The highest BCUT2D eigenvalue weighted by molar-refractivity contribution is 6.66. The fraction of sp³-hybridized carbons (Fsp3) is 0.526. The molecule has 0 saturated carbocycles. The Kier molecular flexibility index (Phi) is 4.78. The first-order chi connectivity index (χ1) is 13.5. The van der Waals surface area contributed by atoms with Crippen molar-refractivity contribution in [3.05, 3.63) is 30.1 Å². The van der Waals surface area contributed by atoms with Crippen molar-refractivity contribution in [3.8, 4) is 11.4 Å². The maximum Gasteiger partial charge on any atom is 0.250 e. The zero-order valence-electron chi connectivity index (χ0n) is 15.3. The zero-order chi connectivity index (χ0) is 19.3. The molecule has 0 aliphatic carbocycles. The first-order valence-electron chi connectivity index (χ1n) is 9.66. The van der Waals surface area contributed by atoms with Crippen molar-refractivity contribution < 1.29 is 0 Å². The summed E-state index contributed by atoms with van der Waals surface area (Å²) < 4.78 is -1.70. The van der Waals surface area contributed by atoms with Crippen molar-refractivity contribution in [1.82, 2.24) is 20.3 Å². The van der Waals surface area contributed by atoms with Gasteiger partial charge in [-0.2, -0.15) is 9.97 Å². The van der Waals surface area contributed by atoms with Crippen LogP contribution in [0.25, 0.3) is 11.4 Å². The van der Waals surface area contributed by atoms with E-state index in [4.69, 9.17) is 39.8 Å². The monoisotopic (exact) mass is 438 g/mol. The summed E-state index contributed by atoms with van der Waals surface area (Å²) in [6.07, 6.45) is 3.59. The summed E-state index contributed by atoms with van der Waals surface area (Å²) in [5, 5.41) is 3.48. The molecule has 3 saturated heterocycles. The van der Waals surface area contributed by atoms with E-state index in [9.17, 15) is 0 Å². The van der Waals surface area contributed by atoms with Crippen LogP contribution >= 0.6 is 34.8 Å². The molecule has 9 heteroatoms. The average Bonchev–Trinajstić information content (AvgIpc) is 3.45. The van der Waals surface area contributed by atoms with Gasteiger partial charge in [0.05, 0.1) is 0 Å². The van der Waals surface area contributed by atoms with Crippen molar-refractivity contribution in [2.45, 2.75) is 35.1 Å². The number of rotatable bonds is 3. The van der Waals surface area contributed by atoms with E-state index in [0.29, 0.717) is 23.9 Å². The second-order valence-electron chi connectivity index (χ2n) is 7.67. The predicted molar refractivity (Wildman–Crippen MR) is 113 cm³/mol. The minimum absolute atomic E-state index is 0.164. The van der Waals surface area contributed by atoms with Crippen LogP contribution in [0.15, 0.2) is 24.3 Å². The van der Waals surface area contributed by atoms with E-state index in [1.807, 2.05) is 12.1 Å². The number of halogens is 3. The highest BCUT2D eigenvalue weighted by atomic mass is 35.6. The Labute approximate surface area is 179 Å². The van der Waals surface area contributed by atoms with Crippen LogP contribution in [0.4, 0.5) is 11.6 Å². The fourth-order valence-electron chi connectivity index (χ4n) is 4.35. The largest absolute Gasteiger partial charge is 0.372 e. The number of anilines is 2. The summed E-state index contributed by atoms with van der Waals surface area (Å²) in [5.41, 5.74) is 2.12. The topological polar surface area (TPSA) is 57.2 Å². The third kappa shape index (κ3) is 3.52. The molecule has 4 heterocycles. The van der Waals surface area contributed by atoms with E-state index in [2.05, 4.69) is 37.2 Å². The molecule has 2 atom stereocenters. The van der Waals surface area contributed by atoms with Crippen LogP contribution in [0.5, 0.6) is 0 Å². The third-order valence-corrected chi connectivity index (χ3v) is 6.29. The number of aromatic nitrogens is 3. The molecule has 0 spiro atoms. The summed E-state index contributed by atoms with van der Waals surface area (Å²) >= 11 is 18.4. The molecule has 3 aliphatic heterocycles. The van der Waals surface area contributed by atoms with Gasteiger partial charge in [-0.3, -0.25) is 0 Å². The van der Waals surface area contributed by atoms with Crippen LogP contribution in [0.2, 0.25) is 0 Å². The van der Waals surface area contributed by atoms with Crippen LogP contribution in [-0.2, 0) is 3.79 Å². The van der Waals surface area contributed by atoms with Crippen LogP contribution in [0.3, 0.4) is 0 Å². The van der Waals surface area contributed by atoms with Gasteiger partial charge in [0.1, 0.15) is 0 Å². The SMILES string of the molecule is ClC(Cl)(Cl)c1nc(-c2ccc(N3CCCC3)cc2)nc(N2CC3CC2CN3)n1. The van der Waals surface area contributed by atoms with Gasteiger partial charge >= 0.3 is 0 Å². The number of benzene rings is 1. The van der Waals surface area contributed by atoms with Crippen molar-refractivity contribution >= 4 is 46.4 Å². The molecule has 3 fully saturated rings. The first kappa shape index (κ1) is 18.7. The maximum absolute atomic E-state index is 6.13. The fourth-order valence-corrected chi connectivity index (χ4v) is 4.61. The van der Waals surface area contributed by atoms with E-state index < -0.39 is 3.79 Å². The van der Waals surface area contributed by atoms with Crippen LogP contribution in [0.1, 0.15) is 25.1 Å². The number of hydrogen-bond acceptors (Lipinski definition) is 6. The summed E-state index contributed by atoms with van der Waals surface area (Å²) in [4.78, 5) is 18.3. The molecular weight excluding hydrogens is 419 g/mol. The molecule has 6 nitrogen and oxygen atoms in total. The summed E-state index contributed by atoms with van der Waals surface area (Å²) in [6.45, 7) is 4.01. The molecule has 2 aromatic rings. The molecule has 1 aromatic carbocycles. The van der Waals surface area contributed by atoms with E-state index in [1.165, 1.54) is 18.5 Å². The Morgan fingerprint density at radius 3 is 2.36 bits per heavy atom. The molecule has 0 amide bonds. The molecule has 2 bridgehead atoms. The van der Waals surface area contributed by atoms with E-state index in [0.717, 1.165) is 38.2 Å². The van der Waals surface area contributed by atoms with Gasteiger partial charge in [0, 0.05) is 49.5 Å². The lowest BCUT2D eigenvalue weighted by Gasteiger charge is -2.28. The Hall–Kier alpha value is -1.34. The second-order valence-corrected chi connectivity index (χ2v) is 9.95. The number of piperazine rings is 1. The molecule has 1 aromatic heterocycles. The van der Waals surface area contributed by atoms with Crippen molar-refractivity contribution in [2.75, 3.05) is 36.0 Å². The Balaban J connectivity index is 1.50. The highest BCUT2D eigenvalue weighted by Gasteiger charge is 2.40. The van der Waals surface area contributed by atoms with Gasteiger partial charge in [0.25, 0.3) is 0 Å². The molecule has 0 radical (unpaired) electrons. The van der Waals surface area contributed by atoms with Gasteiger partial charge in [-0.25, -0.2) is 4.98 Å².